The molecule has 1 aliphatic carbocycles. The standard InChI is InChI=1S/C15H26O3S/c1-2-15(9-11-19(16,17)13-15)8-5-10-18-12-14-6-3-4-7-14/h12H,2-11,13H2,1H3. The summed E-state index contributed by atoms with van der Waals surface area (Å²) < 4.78 is 28.9. The van der Waals surface area contributed by atoms with Crippen LogP contribution in [-0.2, 0) is 14.6 Å². The van der Waals surface area contributed by atoms with E-state index in [4.69, 9.17) is 4.74 Å². The van der Waals surface area contributed by atoms with Crippen molar-refractivity contribution >= 4 is 9.84 Å². The van der Waals surface area contributed by atoms with Crippen LogP contribution in [0, 0.1) is 5.41 Å². The molecule has 1 heterocycles. The summed E-state index contributed by atoms with van der Waals surface area (Å²) in [6.45, 7) is 2.84. The first-order valence-electron chi connectivity index (χ1n) is 7.55. The lowest BCUT2D eigenvalue weighted by molar-refractivity contribution is 0.203. The van der Waals surface area contributed by atoms with Gasteiger partial charge in [0.05, 0.1) is 24.4 Å². The minimum absolute atomic E-state index is 0.0305. The maximum absolute atomic E-state index is 11.6. The van der Waals surface area contributed by atoms with Crippen molar-refractivity contribution in [1.82, 2.24) is 0 Å². The van der Waals surface area contributed by atoms with Gasteiger partial charge >= 0.3 is 0 Å². The molecule has 0 radical (unpaired) electrons. The maximum atomic E-state index is 11.6. The van der Waals surface area contributed by atoms with Crippen molar-refractivity contribution in [2.45, 2.75) is 58.3 Å². The third-order valence-electron chi connectivity index (χ3n) is 4.68. The lowest BCUT2D eigenvalue weighted by Crippen LogP contribution is -2.21. The second kappa shape index (κ2) is 6.29. The van der Waals surface area contributed by atoms with Gasteiger partial charge in [0.2, 0.25) is 0 Å². The van der Waals surface area contributed by atoms with E-state index >= 15 is 0 Å². The second-order valence-electron chi connectivity index (χ2n) is 6.15. The zero-order chi connectivity index (χ0) is 13.8. The Morgan fingerprint density at radius 2 is 2.05 bits per heavy atom. The molecule has 4 heteroatoms. The van der Waals surface area contributed by atoms with Crippen molar-refractivity contribution in [2.24, 2.45) is 5.41 Å². The Balaban J connectivity index is 1.71. The molecule has 1 aliphatic heterocycles. The fraction of sp³-hybridized carbons (Fsp3) is 0.867. The molecule has 0 N–H and O–H groups in total. The van der Waals surface area contributed by atoms with E-state index in [0.717, 1.165) is 32.3 Å². The van der Waals surface area contributed by atoms with Gasteiger partial charge in [-0.1, -0.05) is 6.92 Å². The number of sulfone groups is 1. The monoisotopic (exact) mass is 286 g/mol. The minimum atomic E-state index is -2.77. The summed E-state index contributed by atoms with van der Waals surface area (Å²) in [5, 5.41) is 0. The van der Waals surface area contributed by atoms with Gasteiger partial charge in [-0.25, -0.2) is 8.42 Å². The molecule has 0 amide bonds. The fourth-order valence-electron chi connectivity index (χ4n) is 3.29. The second-order valence-corrected chi connectivity index (χ2v) is 8.34. The number of hydrogen-bond acceptors (Lipinski definition) is 3. The van der Waals surface area contributed by atoms with E-state index in [1.165, 1.54) is 31.3 Å². The fourth-order valence-corrected chi connectivity index (χ4v) is 5.60. The molecule has 2 aliphatic rings. The van der Waals surface area contributed by atoms with Gasteiger partial charge in [-0.15, -0.1) is 0 Å². The van der Waals surface area contributed by atoms with Crippen LogP contribution in [0.15, 0.2) is 11.8 Å². The molecule has 1 saturated heterocycles. The van der Waals surface area contributed by atoms with Crippen LogP contribution in [0.5, 0.6) is 0 Å². The van der Waals surface area contributed by atoms with Crippen molar-refractivity contribution in [2.75, 3.05) is 18.1 Å². The van der Waals surface area contributed by atoms with Crippen LogP contribution in [0.3, 0.4) is 0 Å². The molecular formula is C15H26O3S. The van der Waals surface area contributed by atoms with E-state index in [0.29, 0.717) is 11.5 Å². The first-order valence-corrected chi connectivity index (χ1v) is 9.37. The van der Waals surface area contributed by atoms with Crippen LogP contribution in [0.1, 0.15) is 58.3 Å². The van der Waals surface area contributed by atoms with Gasteiger partial charge in [-0.3, -0.25) is 0 Å². The Morgan fingerprint density at radius 3 is 2.63 bits per heavy atom. The highest BCUT2D eigenvalue weighted by Crippen LogP contribution is 2.39. The third kappa shape index (κ3) is 4.23. The normalized spacial score (nSPS) is 29.6. The van der Waals surface area contributed by atoms with Crippen molar-refractivity contribution in [1.29, 1.82) is 0 Å². The predicted molar refractivity (Wildman–Crippen MR) is 77.7 cm³/mol. The first-order chi connectivity index (χ1) is 9.05. The molecule has 1 unspecified atom stereocenters. The van der Waals surface area contributed by atoms with Gasteiger partial charge < -0.3 is 4.74 Å². The quantitative estimate of drug-likeness (QED) is 0.555. The van der Waals surface area contributed by atoms with Gasteiger partial charge in [0.15, 0.2) is 9.84 Å². The summed E-state index contributed by atoms with van der Waals surface area (Å²) in [5.41, 5.74) is 1.47. The van der Waals surface area contributed by atoms with E-state index in [1.807, 2.05) is 6.26 Å². The molecule has 2 fully saturated rings. The summed E-state index contributed by atoms with van der Waals surface area (Å²) in [5.74, 6) is 0.767. The molecule has 1 atom stereocenters. The van der Waals surface area contributed by atoms with Crippen LogP contribution in [0.4, 0.5) is 0 Å². The Bertz CT molecular complexity index is 417. The average Bonchev–Trinajstić information content (AvgIpc) is 2.97. The molecule has 110 valence electrons. The highest BCUT2D eigenvalue weighted by Gasteiger charge is 2.40. The lowest BCUT2D eigenvalue weighted by Gasteiger charge is -2.25. The van der Waals surface area contributed by atoms with E-state index in [1.54, 1.807) is 0 Å². The number of hydrogen-bond donors (Lipinski definition) is 0. The van der Waals surface area contributed by atoms with Crippen molar-refractivity contribution in [3.05, 3.63) is 11.8 Å². The van der Waals surface area contributed by atoms with Gasteiger partial charge in [0.25, 0.3) is 0 Å². The molecule has 0 spiro atoms. The predicted octanol–water partition coefficient (Wildman–Crippen LogP) is 3.46. The Morgan fingerprint density at radius 1 is 1.32 bits per heavy atom. The molecule has 0 aromatic heterocycles. The molecule has 19 heavy (non-hydrogen) atoms. The largest absolute Gasteiger partial charge is 0.501 e. The van der Waals surface area contributed by atoms with Crippen LogP contribution in [0.2, 0.25) is 0 Å². The third-order valence-corrected chi connectivity index (χ3v) is 6.56. The van der Waals surface area contributed by atoms with Crippen LogP contribution in [-0.4, -0.2) is 26.5 Å². The zero-order valence-corrected chi connectivity index (χ0v) is 12.8. The zero-order valence-electron chi connectivity index (χ0n) is 12.0. The van der Waals surface area contributed by atoms with Gasteiger partial charge in [-0.2, -0.15) is 0 Å². The summed E-state index contributed by atoms with van der Waals surface area (Å²) in [6.07, 6.45) is 10.7. The average molecular weight is 286 g/mol. The maximum Gasteiger partial charge on any atom is 0.150 e. The van der Waals surface area contributed by atoms with Crippen molar-refractivity contribution in [3.8, 4) is 0 Å². The molecular weight excluding hydrogens is 260 g/mol. The highest BCUT2D eigenvalue weighted by molar-refractivity contribution is 7.91. The van der Waals surface area contributed by atoms with E-state index < -0.39 is 9.84 Å². The van der Waals surface area contributed by atoms with Gasteiger partial charge in [0.1, 0.15) is 0 Å². The summed E-state index contributed by atoms with van der Waals surface area (Å²) in [6, 6.07) is 0. The molecule has 0 aromatic rings. The molecule has 0 aromatic carbocycles. The summed E-state index contributed by atoms with van der Waals surface area (Å²) >= 11 is 0. The summed E-state index contributed by atoms with van der Waals surface area (Å²) in [7, 11) is -2.77. The topological polar surface area (TPSA) is 43.4 Å². The lowest BCUT2D eigenvalue weighted by atomic mass is 9.80. The summed E-state index contributed by atoms with van der Waals surface area (Å²) in [4.78, 5) is 0. The molecule has 3 nitrogen and oxygen atoms in total. The van der Waals surface area contributed by atoms with E-state index in [9.17, 15) is 8.42 Å². The smallest absolute Gasteiger partial charge is 0.150 e. The van der Waals surface area contributed by atoms with E-state index in [2.05, 4.69) is 6.92 Å². The van der Waals surface area contributed by atoms with Crippen molar-refractivity contribution < 1.29 is 13.2 Å². The molecule has 0 bridgehead atoms. The SMILES string of the molecule is CCC1(CCCOC=C2CCCC2)CCS(=O)(=O)C1. The van der Waals surface area contributed by atoms with Crippen molar-refractivity contribution in [3.63, 3.8) is 0 Å². The molecule has 1 saturated carbocycles. The van der Waals surface area contributed by atoms with Gasteiger partial charge in [0, 0.05) is 0 Å². The van der Waals surface area contributed by atoms with Crippen LogP contribution >= 0.6 is 0 Å². The highest BCUT2D eigenvalue weighted by atomic mass is 32.2. The van der Waals surface area contributed by atoms with E-state index in [-0.39, 0.29) is 5.41 Å². The first kappa shape index (κ1) is 14.9. The number of allylic oxidation sites excluding steroid dienone is 1. The Kier molecular flexibility index (Phi) is 4.93. The minimum Gasteiger partial charge on any atom is -0.501 e. The van der Waals surface area contributed by atoms with Gasteiger partial charge in [-0.05, 0) is 62.4 Å². The Labute approximate surface area is 117 Å². The van der Waals surface area contributed by atoms with Crippen LogP contribution in [0.25, 0.3) is 0 Å². The number of ether oxygens (including phenoxy) is 1. The number of rotatable bonds is 6. The Hall–Kier alpha value is -0.510. The van der Waals surface area contributed by atoms with Crippen LogP contribution < -0.4 is 0 Å². The molecule has 2 rings (SSSR count).